The van der Waals surface area contributed by atoms with Crippen LogP contribution in [-0.4, -0.2) is 27.4 Å². The standard InChI is InChI=1S/C16H22N4O/c1-12-3-6-16(15(19-12)10-17-14-4-5-14)21-8-7-13-9-18-20(2)11-13/h3,6,9,11,14,17H,4-5,7-8,10H2,1-2H3. The topological polar surface area (TPSA) is 52.0 Å². The van der Waals surface area contributed by atoms with Crippen molar-refractivity contribution in [2.24, 2.45) is 7.05 Å². The van der Waals surface area contributed by atoms with Gasteiger partial charge in [-0.25, -0.2) is 0 Å². The van der Waals surface area contributed by atoms with Gasteiger partial charge in [0.25, 0.3) is 0 Å². The molecule has 1 saturated carbocycles. The van der Waals surface area contributed by atoms with Crippen molar-refractivity contribution in [2.75, 3.05) is 6.61 Å². The van der Waals surface area contributed by atoms with Gasteiger partial charge in [0.1, 0.15) is 5.75 Å². The van der Waals surface area contributed by atoms with Crippen LogP contribution in [0.5, 0.6) is 5.75 Å². The van der Waals surface area contributed by atoms with Gasteiger partial charge in [0, 0.05) is 37.9 Å². The molecule has 0 bridgehead atoms. The van der Waals surface area contributed by atoms with E-state index in [1.807, 2.05) is 43.2 Å². The summed E-state index contributed by atoms with van der Waals surface area (Å²) in [5, 5.41) is 7.66. The quantitative estimate of drug-likeness (QED) is 0.846. The Morgan fingerprint density at radius 3 is 2.95 bits per heavy atom. The van der Waals surface area contributed by atoms with E-state index in [0.29, 0.717) is 12.6 Å². The summed E-state index contributed by atoms with van der Waals surface area (Å²) < 4.78 is 7.73. The second-order valence-electron chi connectivity index (χ2n) is 5.67. The Hall–Kier alpha value is -1.88. The first-order valence-corrected chi connectivity index (χ1v) is 7.51. The molecule has 0 atom stereocenters. The summed E-state index contributed by atoms with van der Waals surface area (Å²) in [4.78, 5) is 4.60. The van der Waals surface area contributed by atoms with E-state index in [0.717, 1.165) is 30.1 Å². The summed E-state index contributed by atoms with van der Waals surface area (Å²) in [6, 6.07) is 4.70. The number of hydrogen-bond acceptors (Lipinski definition) is 4. The fourth-order valence-corrected chi connectivity index (χ4v) is 2.26. The van der Waals surface area contributed by atoms with Crippen LogP contribution >= 0.6 is 0 Å². The van der Waals surface area contributed by atoms with Crippen LogP contribution in [0.2, 0.25) is 0 Å². The predicted octanol–water partition coefficient (Wildman–Crippen LogP) is 2.00. The second kappa shape index (κ2) is 6.26. The molecular formula is C16H22N4O. The van der Waals surface area contributed by atoms with E-state index in [1.165, 1.54) is 18.4 Å². The zero-order chi connectivity index (χ0) is 14.7. The van der Waals surface area contributed by atoms with Gasteiger partial charge in [-0.15, -0.1) is 0 Å². The van der Waals surface area contributed by atoms with E-state index in [4.69, 9.17) is 4.74 Å². The molecule has 0 radical (unpaired) electrons. The third kappa shape index (κ3) is 4.04. The van der Waals surface area contributed by atoms with Gasteiger partial charge < -0.3 is 10.1 Å². The van der Waals surface area contributed by atoms with Gasteiger partial charge >= 0.3 is 0 Å². The van der Waals surface area contributed by atoms with E-state index in [1.54, 1.807) is 0 Å². The van der Waals surface area contributed by atoms with Crippen LogP contribution in [0.3, 0.4) is 0 Å². The molecule has 0 unspecified atom stereocenters. The number of nitrogens with zero attached hydrogens (tertiary/aromatic N) is 3. The van der Waals surface area contributed by atoms with Crippen molar-refractivity contribution in [3.05, 3.63) is 41.5 Å². The molecular weight excluding hydrogens is 264 g/mol. The monoisotopic (exact) mass is 286 g/mol. The molecule has 112 valence electrons. The van der Waals surface area contributed by atoms with Gasteiger partial charge in [-0.3, -0.25) is 9.67 Å². The molecule has 1 aliphatic carbocycles. The van der Waals surface area contributed by atoms with Gasteiger partial charge in [0.2, 0.25) is 0 Å². The highest BCUT2D eigenvalue weighted by Crippen LogP contribution is 2.22. The van der Waals surface area contributed by atoms with Crippen molar-refractivity contribution < 1.29 is 4.74 Å². The fraction of sp³-hybridized carbons (Fsp3) is 0.500. The smallest absolute Gasteiger partial charge is 0.142 e. The lowest BCUT2D eigenvalue weighted by atomic mass is 10.2. The molecule has 5 nitrogen and oxygen atoms in total. The summed E-state index contributed by atoms with van der Waals surface area (Å²) >= 11 is 0. The van der Waals surface area contributed by atoms with Gasteiger partial charge in [-0.1, -0.05) is 0 Å². The van der Waals surface area contributed by atoms with Gasteiger partial charge in [0.15, 0.2) is 0 Å². The first-order valence-electron chi connectivity index (χ1n) is 7.51. The molecule has 0 amide bonds. The first-order chi connectivity index (χ1) is 10.2. The SMILES string of the molecule is Cc1ccc(OCCc2cnn(C)c2)c(CNC2CC2)n1. The summed E-state index contributed by atoms with van der Waals surface area (Å²) in [5.74, 6) is 0.887. The molecule has 2 aromatic heterocycles. The maximum absolute atomic E-state index is 5.92. The molecule has 2 aromatic rings. The number of pyridine rings is 1. The minimum Gasteiger partial charge on any atom is -0.491 e. The number of aromatic nitrogens is 3. The third-order valence-corrected chi connectivity index (χ3v) is 3.61. The number of rotatable bonds is 7. The Bertz CT molecular complexity index is 604. The molecule has 21 heavy (non-hydrogen) atoms. The Morgan fingerprint density at radius 2 is 2.24 bits per heavy atom. The van der Waals surface area contributed by atoms with Crippen LogP contribution < -0.4 is 10.1 Å². The van der Waals surface area contributed by atoms with E-state index in [9.17, 15) is 0 Å². The van der Waals surface area contributed by atoms with Crippen molar-refractivity contribution >= 4 is 0 Å². The lowest BCUT2D eigenvalue weighted by molar-refractivity contribution is 0.315. The Labute approximate surface area is 125 Å². The zero-order valence-electron chi connectivity index (χ0n) is 12.7. The van der Waals surface area contributed by atoms with Crippen LogP contribution in [0, 0.1) is 6.92 Å². The largest absolute Gasteiger partial charge is 0.491 e. The van der Waals surface area contributed by atoms with Crippen molar-refractivity contribution in [3.63, 3.8) is 0 Å². The molecule has 0 aromatic carbocycles. The maximum atomic E-state index is 5.92. The lowest BCUT2D eigenvalue weighted by Crippen LogP contribution is -2.17. The molecule has 2 heterocycles. The Kier molecular flexibility index (Phi) is 4.20. The Morgan fingerprint density at radius 1 is 1.38 bits per heavy atom. The summed E-state index contributed by atoms with van der Waals surface area (Å²) in [7, 11) is 1.93. The number of hydrogen-bond donors (Lipinski definition) is 1. The van der Waals surface area contributed by atoms with Crippen LogP contribution in [-0.2, 0) is 20.0 Å². The summed E-state index contributed by atoms with van der Waals surface area (Å²) in [6.45, 7) is 3.45. The lowest BCUT2D eigenvalue weighted by Gasteiger charge is -2.11. The highest BCUT2D eigenvalue weighted by molar-refractivity contribution is 5.29. The van der Waals surface area contributed by atoms with Crippen molar-refractivity contribution in [2.45, 2.75) is 38.8 Å². The minimum atomic E-state index is 0.646. The Balaban J connectivity index is 1.57. The molecule has 0 spiro atoms. The van der Waals surface area contributed by atoms with E-state index in [2.05, 4.69) is 15.4 Å². The minimum absolute atomic E-state index is 0.646. The fourth-order valence-electron chi connectivity index (χ4n) is 2.26. The number of aryl methyl sites for hydroxylation is 2. The average molecular weight is 286 g/mol. The van der Waals surface area contributed by atoms with E-state index < -0.39 is 0 Å². The van der Waals surface area contributed by atoms with Crippen molar-refractivity contribution in [3.8, 4) is 5.75 Å². The van der Waals surface area contributed by atoms with Crippen LogP contribution in [0.15, 0.2) is 24.5 Å². The number of ether oxygens (including phenoxy) is 1. The first kappa shape index (κ1) is 14.1. The molecule has 0 aliphatic heterocycles. The van der Waals surface area contributed by atoms with Gasteiger partial charge in [0.05, 0.1) is 18.5 Å². The predicted molar refractivity (Wildman–Crippen MR) is 81.2 cm³/mol. The molecule has 0 saturated heterocycles. The summed E-state index contributed by atoms with van der Waals surface area (Å²) in [5.41, 5.74) is 3.23. The van der Waals surface area contributed by atoms with Gasteiger partial charge in [-0.05, 0) is 37.5 Å². The average Bonchev–Trinajstić information content (AvgIpc) is 3.20. The van der Waals surface area contributed by atoms with Crippen LogP contribution in [0.1, 0.15) is 29.8 Å². The molecule has 5 heteroatoms. The highest BCUT2D eigenvalue weighted by atomic mass is 16.5. The molecule has 1 N–H and O–H groups in total. The van der Waals surface area contributed by atoms with Crippen LogP contribution in [0.25, 0.3) is 0 Å². The molecule has 3 rings (SSSR count). The number of nitrogens with one attached hydrogen (secondary N) is 1. The normalized spacial score (nSPS) is 14.4. The maximum Gasteiger partial charge on any atom is 0.142 e. The summed E-state index contributed by atoms with van der Waals surface area (Å²) in [6.07, 6.45) is 7.32. The van der Waals surface area contributed by atoms with Crippen molar-refractivity contribution in [1.29, 1.82) is 0 Å². The van der Waals surface area contributed by atoms with E-state index >= 15 is 0 Å². The zero-order valence-corrected chi connectivity index (χ0v) is 12.7. The highest BCUT2D eigenvalue weighted by Gasteiger charge is 2.21. The molecule has 1 aliphatic rings. The molecule has 1 fully saturated rings. The van der Waals surface area contributed by atoms with E-state index in [-0.39, 0.29) is 0 Å². The third-order valence-electron chi connectivity index (χ3n) is 3.61. The van der Waals surface area contributed by atoms with Crippen molar-refractivity contribution in [1.82, 2.24) is 20.1 Å². The second-order valence-corrected chi connectivity index (χ2v) is 5.67. The van der Waals surface area contributed by atoms with Gasteiger partial charge in [-0.2, -0.15) is 5.10 Å². The van der Waals surface area contributed by atoms with Crippen LogP contribution in [0.4, 0.5) is 0 Å².